The van der Waals surface area contributed by atoms with Crippen molar-refractivity contribution < 1.29 is 14.3 Å². The third kappa shape index (κ3) is 4.97. The van der Waals surface area contributed by atoms with Crippen molar-refractivity contribution in [2.45, 2.75) is 13.8 Å². The van der Waals surface area contributed by atoms with E-state index in [1.807, 2.05) is 56.4 Å². The summed E-state index contributed by atoms with van der Waals surface area (Å²) in [5.41, 5.74) is 2.17. The van der Waals surface area contributed by atoms with Crippen LogP contribution in [0.5, 0.6) is 5.75 Å². The molecule has 0 saturated carbocycles. The topological polar surface area (TPSA) is 48.4 Å². The molecule has 4 heteroatoms. The highest BCUT2D eigenvalue weighted by Crippen LogP contribution is 2.21. The minimum atomic E-state index is 0.0148. The van der Waals surface area contributed by atoms with Gasteiger partial charge in [0.05, 0.1) is 6.61 Å². The van der Waals surface area contributed by atoms with Gasteiger partial charge in [0.25, 0.3) is 0 Å². The minimum Gasteiger partial charge on any atom is -0.491 e. The molecule has 0 aliphatic heterocycles. The highest BCUT2D eigenvalue weighted by atomic mass is 16.5. The number of hydrogen-bond acceptors (Lipinski definition) is 4. The fourth-order valence-electron chi connectivity index (χ4n) is 1.84. The van der Waals surface area contributed by atoms with E-state index in [4.69, 9.17) is 9.47 Å². The van der Waals surface area contributed by atoms with Crippen molar-refractivity contribution >= 4 is 5.78 Å². The van der Waals surface area contributed by atoms with Crippen LogP contribution in [-0.4, -0.2) is 30.6 Å². The van der Waals surface area contributed by atoms with E-state index in [1.54, 1.807) is 6.20 Å². The van der Waals surface area contributed by atoms with Crippen molar-refractivity contribution in [3.05, 3.63) is 48.8 Å². The molecule has 1 heterocycles. The minimum absolute atomic E-state index is 0.0148. The standard InChI is InChI=1S/C18H21NO3/c1-14(2)18(20)13-21-10-11-22-17-7-5-15(6-8-17)16-4-3-9-19-12-16/h3-9,12,14H,10-11,13H2,1-2H3. The van der Waals surface area contributed by atoms with E-state index in [9.17, 15) is 4.79 Å². The molecule has 0 unspecified atom stereocenters. The molecule has 0 aliphatic carbocycles. The zero-order valence-corrected chi connectivity index (χ0v) is 13.0. The fraction of sp³-hybridized carbons (Fsp3) is 0.333. The van der Waals surface area contributed by atoms with Crippen molar-refractivity contribution in [1.82, 2.24) is 4.98 Å². The Morgan fingerprint density at radius 1 is 1.09 bits per heavy atom. The van der Waals surface area contributed by atoms with E-state index in [0.717, 1.165) is 16.9 Å². The molecule has 2 rings (SSSR count). The Balaban J connectivity index is 1.74. The monoisotopic (exact) mass is 299 g/mol. The van der Waals surface area contributed by atoms with Gasteiger partial charge in [0, 0.05) is 18.3 Å². The van der Waals surface area contributed by atoms with Gasteiger partial charge in [-0.05, 0) is 29.3 Å². The van der Waals surface area contributed by atoms with Crippen molar-refractivity contribution in [2.24, 2.45) is 5.92 Å². The second-order valence-electron chi connectivity index (χ2n) is 5.29. The summed E-state index contributed by atoms with van der Waals surface area (Å²) in [5.74, 6) is 0.910. The van der Waals surface area contributed by atoms with Gasteiger partial charge in [-0.15, -0.1) is 0 Å². The average molecular weight is 299 g/mol. The van der Waals surface area contributed by atoms with Crippen LogP contribution >= 0.6 is 0 Å². The van der Waals surface area contributed by atoms with Crippen molar-refractivity contribution in [2.75, 3.05) is 19.8 Å². The van der Waals surface area contributed by atoms with Crippen LogP contribution in [0.2, 0.25) is 0 Å². The van der Waals surface area contributed by atoms with Crippen LogP contribution in [-0.2, 0) is 9.53 Å². The van der Waals surface area contributed by atoms with E-state index in [-0.39, 0.29) is 18.3 Å². The SMILES string of the molecule is CC(C)C(=O)COCCOc1ccc(-c2cccnc2)cc1. The van der Waals surface area contributed by atoms with E-state index < -0.39 is 0 Å². The quantitative estimate of drug-likeness (QED) is 0.701. The summed E-state index contributed by atoms with van der Waals surface area (Å²) >= 11 is 0. The van der Waals surface area contributed by atoms with Crippen molar-refractivity contribution in [1.29, 1.82) is 0 Å². The van der Waals surface area contributed by atoms with Crippen molar-refractivity contribution in [3.8, 4) is 16.9 Å². The van der Waals surface area contributed by atoms with Gasteiger partial charge in [0.2, 0.25) is 0 Å². The number of carbonyl (C=O) groups is 1. The first-order valence-corrected chi connectivity index (χ1v) is 7.40. The molecule has 0 fully saturated rings. The molecule has 0 spiro atoms. The van der Waals surface area contributed by atoms with Crippen LogP contribution in [0.15, 0.2) is 48.8 Å². The second-order valence-corrected chi connectivity index (χ2v) is 5.29. The maximum atomic E-state index is 11.4. The molecule has 0 N–H and O–H groups in total. The fourth-order valence-corrected chi connectivity index (χ4v) is 1.84. The summed E-state index contributed by atoms with van der Waals surface area (Å²) in [6, 6.07) is 11.8. The number of hydrogen-bond donors (Lipinski definition) is 0. The Bertz CT molecular complexity index is 579. The maximum Gasteiger partial charge on any atom is 0.160 e. The van der Waals surface area contributed by atoms with Crippen LogP contribution in [0.4, 0.5) is 0 Å². The smallest absolute Gasteiger partial charge is 0.160 e. The number of rotatable bonds is 8. The lowest BCUT2D eigenvalue weighted by atomic mass is 10.1. The molecular weight excluding hydrogens is 278 g/mol. The predicted octanol–water partition coefficient (Wildman–Crippen LogP) is 3.37. The number of Topliss-reactive ketones (excluding diaryl/α,β-unsaturated/α-hetero) is 1. The zero-order valence-electron chi connectivity index (χ0n) is 13.0. The third-order valence-corrected chi connectivity index (χ3v) is 3.23. The molecular formula is C18H21NO3. The first-order chi connectivity index (χ1) is 10.7. The summed E-state index contributed by atoms with van der Waals surface area (Å²) in [5, 5.41) is 0. The molecule has 4 nitrogen and oxygen atoms in total. The molecule has 0 radical (unpaired) electrons. The largest absolute Gasteiger partial charge is 0.491 e. The lowest BCUT2D eigenvalue weighted by Crippen LogP contribution is -2.17. The van der Waals surface area contributed by atoms with Gasteiger partial charge in [0.15, 0.2) is 5.78 Å². The van der Waals surface area contributed by atoms with Crippen LogP contribution in [0.1, 0.15) is 13.8 Å². The summed E-state index contributed by atoms with van der Waals surface area (Å²) < 4.78 is 10.9. The van der Waals surface area contributed by atoms with E-state index in [1.165, 1.54) is 0 Å². The number of pyridine rings is 1. The molecule has 1 aromatic carbocycles. The van der Waals surface area contributed by atoms with Crippen LogP contribution in [0.25, 0.3) is 11.1 Å². The second kappa shape index (κ2) is 8.29. The van der Waals surface area contributed by atoms with Gasteiger partial charge in [-0.1, -0.05) is 32.0 Å². The number of nitrogens with zero attached hydrogens (tertiary/aromatic N) is 1. The van der Waals surface area contributed by atoms with Gasteiger partial charge in [-0.2, -0.15) is 0 Å². The summed E-state index contributed by atoms with van der Waals surface area (Å²) in [6.07, 6.45) is 3.58. The van der Waals surface area contributed by atoms with Gasteiger partial charge in [0.1, 0.15) is 19.0 Å². The summed E-state index contributed by atoms with van der Waals surface area (Å²) in [4.78, 5) is 15.5. The molecule has 0 bridgehead atoms. The lowest BCUT2D eigenvalue weighted by Gasteiger charge is -2.08. The predicted molar refractivity (Wildman–Crippen MR) is 85.8 cm³/mol. The lowest BCUT2D eigenvalue weighted by molar-refractivity contribution is -0.126. The van der Waals surface area contributed by atoms with Crippen LogP contribution in [0, 0.1) is 5.92 Å². The van der Waals surface area contributed by atoms with Crippen LogP contribution < -0.4 is 4.74 Å². The molecule has 2 aromatic rings. The highest BCUT2D eigenvalue weighted by molar-refractivity contribution is 5.81. The van der Waals surface area contributed by atoms with Gasteiger partial charge in [-0.3, -0.25) is 9.78 Å². The van der Waals surface area contributed by atoms with Crippen LogP contribution in [0.3, 0.4) is 0 Å². The van der Waals surface area contributed by atoms with E-state index in [2.05, 4.69) is 4.98 Å². The average Bonchev–Trinajstić information content (AvgIpc) is 2.55. The number of aromatic nitrogens is 1. The van der Waals surface area contributed by atoms with Crippen molar-refractivity contribution in [3.63, 3.8) is 0 Å². The molecule has 1 aromatic heterocycles. The Kier molecular flexibility index (Phi) is 6.10. The first-order valence-electron chi connectivity index (χ1n) is 7.40. The Labute approximate surface area is 131 Å². The summed E-state index contributed by atoms with van der Waals surface area (Å²) in [7, 11) is 0. The van der Waals surface area contributed by atoms with Gasteiger partial charge in [-0.25, -0.2) is 0 Å². The number of ketones is 1. The first kappa shape index (κ1) is 16.2. The Morgan fingerprint density at radius 2 is 1.86 bits per heavy atom. The summed E-state index contributed by atoms with van der Waals surface area (Å²) in [6.45, 7) is 4.72. The van der Waals surface area contributed by atoms with E-state index >= 15 is 0 Å². The van der Waals surface area contributed by atoms with Gasteiger partial charge < -0.3 is 9.47 Å². The highest BCUT2D eigenvalue weighted by Gasteiger charge is 2.06. The number of ether oxygens (including phenoxy) is 2. The molecule has 22 heavy (non-hydrogen) atoms. The number of carbonyl (C=O) groups excluding carboxylic acids is 1. The molecule has 0 atom stereocenters. The van der Waals surface area contributed by atoms with E-state index in [0.29, 0.717) is 13.2 Å². The Hall–Kier alpha value is -2.20. The molecule has 0 amide bonds. The zero-order chi connectivity index (χ0) is 15.8. The maximum absolute atomic E-state index is 11.4. The normalized spacial score (nSPS) is 10.7. The molecule has 0 saturated heterocycles. The molecule has 0 aliphatic rings. The van der Waals surface area contributed by atoms with Gasteiger partial charge >= 0.3 is 0 Å². The number of benzene rings is 1. The third-order valence-electron chi connectivity index (χ3n) is 3.23. The Morgan fingerprint density at radius 3 is 2.50 bits per heavy atom. The molecule has 116 valence electrons.